The summed E-state index contributed by atoms with van der Waals surface area (Å²) in [5.74, 6) is 0. The second-order valence-corrected chi connectivity index (χ2v) is 6.57. The number of hydrogen-bond donors (Lipinski definition) is 1. The lowest BCUT2D eigenvalue weighted by molar-refractivity contribution is 1.14. The van der Waals surface area contributed by atoms with Gasteiger partial charge in [0.2, 0.25) is 0 Å². The van der Waals surface area contributed by atoms with Gasteiger partial charge in [0.1, 0.15) is 0 Å². The van der Waals surface area contributed by atoms with Crippen LogP contribution in [0.4, 0.5) is 5.69 Å². The highest BCUT2D eigenvalue weighted by Crippen LogP contribution is 2.26. The maximum absolute atomic E-state index is 6.23. The zero-order valence-corrected chi connectivity index (χ0v) is 14.4. The molecule has 2 aromatic carbocycles. The van der Waals surface area contributed by atoms with E-state index in [1.165, 1.54) is 9.13 Å². The van der Waals surface area contributed by atoms with Gasteiger partial charge in [0.25, 0.3) is 0 Å². The molecule has 0 fully saturated rings. The fraction of sp³-hybridized carbons (Fsp3) is 0.118. The summed E-state index contributed by atoms with van der Waals surface area (Å²) in [6, 6.07) is 14.3. The molecule has 0 aliphatic heterocycles. The van der Waals surface area contributed by atoms with Gasteiger partial charge in [-0.15, -0.1) is 0 Å². The quantitative estimate of drug-likeness (QED) is 0.586. The molecule has 0 bridgehead atoms. The molecule has 0 radical (unpaired) electrons. The van der Waals surface area contributed by atoms with E-state index in [0.717, 1.165) is 33.7 Å². The molecular formula is C17H14ClIN2. The molecular weight excluding hydrogens is 395 g/mol. The molecule has 1 heterocycles. The Labute approximate surface area is 142 Å². The second kappa shape index (κ2) is 6.20. The number of nitrogens with zero attached hydrogens (tertiary/aromatic N) is 1. The van der Waals surface area contributed by atoms with Gasteiger partial charge in [-0.1, -0.05) is 17.7 Å². The summed E-state index contributed by atoms with van der Waals surface area (Å²) in [6.45, 7) is 2.84. The predicted octanol–water partition coefficient (Wildman–Crippen LogP) is 5.41. The van der Waals surface area contributed by atoms with Crippen LogP contribution in [0.2, 0.25) is 5.02 Å². The largest absolute Gasteiger partial charge is 0.381 e. The molecule has 0 amide bonds. The van der Waals surface area contributed by atoms with Crippen LogP contribution < -0.4 is 5.32 Å². The number of aryl methyl sites for hydroxylation is 1. The van der Waals surface area contributed by atoms with Crippen LogP contribution in [0.15, 0.2) is 48.7 Å². The van der Waals surface area contributed by atoms with Crippen molar-refractivity contribution in [3.8, 4) is 0 Å². The van der Waals surface area contributed by atoms with E-state index in [9.17, 15) is 0 Å². The van der Waals surface area contributed by atoms with Crippen molar-refractivity contribution in [2.24, 2.45) is 0 Å². The minimum Gasteiger partial charge on any atom is -0.381 e. The van der Waals surface area contributed by atoms with Gasteiger partial charge >= 0.3 is 0 Å². The SMILES string of the molecule is Cc1cc(I)ccc1NCc1ccc(Cl)c2cccnc12. The van der Waals surface area contributed by atoms with Gasteiger partial charge in [-0.3, -0.25) is 4.98 Å². The van der Waals surface area contributed by atoms with Crippen molar-refractivity contribution >= 4 is 50.8 Å². The molecule has 0 spiro atoms. The fourth-order valence-electron chi connectivity index (χ4n) is 2.35. The molecule has 3 rings (SSSR count). The van der Waals surface area contributed by atoms with Crippen molar-refractivity contribution in [3.63, 3.8) is 0 Å². The van der Waals surface area contributed by atoms with Crippen molar-refractivity contribution < 1.29 is 0 Å². The summed E-state index contributed by atoms with van der Waals surface area (Å²) >= 11 is 8.55. The number of benzene rings is 2. The molecule has 3 aromatic rings. The maximum atomic E-state index is 6.23. The van der Waals surface area contributed by atoms with E-state index in [1.54, 1.807) is 6.20 Å². The third kappa shape index (κ3) is 3.14. The summed E-state index contributed by atoms with van der Waals surface area (Å²) < 4.78 is 1.24. The summed E-state index contributed by atoms with van der Waals surface area (Å²) in [7, 11) is 0. The number of pyridine rings is 1. The van der Waals surface area contributed by atoms with Crippen LogP contribution in [-0.2, 0) is 6.54 Å². The van der Waals surface area contributed by atoms with Gasteiger partial charge < -0.3 is 5.32 Å². The van der Waals surface area contributed by atoms with Gasteiger partial charge in [0.05, 0.1) is 5.52 Å². The molecule has 2 nitrogen and oxygen atoms in total. The van der Waals surface area contributed by atoms with Crippen molar-refractivity contribution in [2.45, 2.75) is 13.5 Å². The molecule has 1 N–H and O–H groups in total. The molecule has 1 aromatic heterocycles. The van der Waals surface area contributed by atoms with Crippen LogP contribution in [0.1, 0.15) is 11.1 Å². The number of fused-ring (bicyclic) bond motifs is 1. The number of halogens is 2. The maximum Gasteiger partial charge on any atom is 0.0766 e. The van der Waals surface area contributed by atoms with Crippen molar-refractivity contribution in [1.82, 2.24) is 4.98 Å². The Morgan fingerprint density at radius 3 is 2.86 bits per heavy atom. The highest BCUT2D eigenvalue weighted by Gasteiger charge is 2.06. The van der Waals surface area contributed by atoms with Crippen molar-refractivity contribution in [1.29, 1.82) is 0 Å². The zero-order chi connectivity index (χ0) is 14.8. The topological polar surface area (TPSA) is 24.9 Å². The molecule has 0 saturated heterocycles. The van der Waals surface area contributed by atoms with Crippen LogP contribution in [0, 0.1) is 10.5 Å². The average Bonchev–Trinajstić information content (AvgIpc) is 2.48. The molecule has 0 aliphatic rings. The van der Waals surface area contributed by atoms with Gasteiger partial charge in [-0.2, -0.15) is 0 Å². The summed E-state index contributed by atoms with van der Waals surface area (Å²) in [5.41, 5.74) is 4.50. The lowest BCUT2D eigenvalue weighted by Crippen LogP contribution is -2.02. The number of nitrogens with one attached hydrogen (secondary N) is 1. The molecule has 0 saturated carbocycles. The van der Waals surface area contributed by atoms with E-state index in [1.807, 2.05) is 24.3 Å². The first kappa shape index (κ1) is 14.6. The van der Waals surface area contributed by atoms with E-state index in [0.29, 0.717) is 0 Å². The minimum atomic E-state index is 0.728. The number of rotatable bonds is 3. The number of anilines is 1. The standard InChI is InChI=1S/C17H14ClIN2/c1-11-9-13(19)5-7-16(11)21-10-12-4-6-15(18)14-3-2-8-20-17(12)14/h2-9,21H,10H2,1H3. The van der Waals surface area contributed by atoms with E-state index in [4.69, 9.17) is 11.6 Å². The molecule has 0 aliphatic carbocycles. The zero-order valence-electron chi connectivity index (χ0n) is 11.5. The van der Waals surface area contributed by atoms with Gasteiger partial charge in [0, 0.05) is 32.4 Å². The first-order valence-corrected chi connectivity index (χ1v) is 8.13. The van der Waals surface area contributed by atoms with E-state index < -0.39 is 0 Å². The van der Waals surface area contributed by atoms with Crippen LogP contribution in [0.3, 0.4) is 0 Å². The highest BCUT2D eigenvalue weighted by molar-refractivity contribution is 14.1. The van der Waals surface area contributed by atoms with E-state index >= 15 is 0 Å². The summed E-state index contributed by atoms with van der Waals surface area (Å²) in [5, 5.41) is 5.22. The Morgan fingerprint density at radius 1 is 1.19 bits per heavy atom. The van der Waals surface area contributed by atoms with E-state index in [-0.39, 0.29) is 0 Å². The molecule has 21 heavy (non-hydrogen) atoms. The van der Waals surface area contributed by atoms with Gasteiger partial charge in [-0.25, -0.2) is 0 Å². The summed E-state index contributed by atoms with van der Waals surface area (Å²) in [6.07, 6.45) is 1.80. The van der Waals surface area contributed by atoms with Crippen molar-refractivity contribution in [3.05, 3.63) is 68.4 Å². The molecule has 4 heteroatoms. The first-order chi connectivity index (χ1) is 10.1. The third-order valence-electron chi connectivity index (χ3n) is 3.46. The highest BCUT2D eigenvalue weighted by atomic mass is 127. The normalized spacial score (nSPS) is 10.8. The third-order valence-corrected chi connectivity index (χ3v) is 4.46. The predicted molar refractivity (Wildman–Crippen MR) is 98.0 cm³/mol. The van der Waals surface area contributed by atoms with Crippen LogP contribution >= 0.6 is 34.2 Å². The van der Waals surface area contributed by atoms with Crippen LogP contribution in [-0.4, -0.2) is 4.98 Å². The Kier molecular flexibility index (Phi) is 4.31. The number of hydrogen-bond acceptors (Lipinski definition) is 2. The smallest absolute Gasteiger partial charge is 0.0766 e. The lowest BCUT2D eigenvalue weighted by Gasteiger charge is -2.12. The van der Waals surface area contributed by atoms with Crippen LogP contribution in [0.25, 0.3) is 10.9 Å². The fourth-order valence-corrected chi connectivity index (χ4v) is 3.22. The van der Waals surface area contributed by atoms with Gasteiger partial charge in [-0.05, 0) is 77.0 Å². The Hall–Kier alpha value is -1.33. The second-order valence-electron chi connectivity index (χ2n) is 4.92. The van der Waals surface area contributed by atoms with E-state index in [2.05, 4.69) is 58.0 Å². The average molecular weight is 409 g/mol. The number of aromatic nitrogens is 1. The molecule has 0 unspecified atom stereocenters. The monoisotopic (exact) mass is 408 g/mol. The van der Waals surface area contributed by atoms with Gasteiger partial charge in [0.15, 0.2) is 0 Å². The minimum absolute atomic E-state index is 0.728. The molecule has 0 atom stereocenters. The summed E-state index contributed by atoms with van der Waals surface area (Å²) in [4.78, 5) is 4.47. The Balaban J connectivity index is 1.90. The Bertz CT molecular complexity index is 802. The Morgan fingerprint density at radius 2 is 2.05 bits per heavy atom. The lowest BCUT2D eigenvalue weighted by atomic mass is 10.1. The van der Waals surface area contributed by atoms with Crippen LogP contribution in [0.5, 0.6) is 0 Å². The first-order valence-electron chi connectivity index (χ1n) is 6.67. The molecule has 106 valence electrons. The van der Waals surface area contributed by atoms with Crippen molar-refractivity contribution in [2.75, 3.05) is 5.32 Å².